The minimum atomic E-state index is -0.497. The van der Waals surface area contributed by atoms with Crippen molar-refractivity contribution in [3.8, 4) is 5.69 Å². The summed E-state index contributed by atoms with van der Waals surface area (Å²) >= 11 is 0. The zero-order valence-corrected chi connectivity index (χ0v) is 14.0. The molecule has 2 N–H and O–H groups in total. The molecule has 6 heteroatoms. The number of nitrogens with zero attached hydrogens (tertiary/aromatic N) is 3. The lowest BCUT2D eigenvalue weighted by atomic mass is 9.80. The first kappa shape index (κ1) is 17.1. The average Bonchev–Trinajstić information content (AvgIpc) is 3.02. The number of para-hydroxylation sites is 1. The van der Waals surface area contributed by atoms with E-state index in [0.29, 0.717) is 6.54 Å². The molecule has 1 amide bonds. The van der Waals surface area contributed by atoms with E-state index in [4.69, 9.17) is 0 Å². The van der Waals surface area contributed by atoms with Gasteiger partial charge < -0.3 is 10.4 Å². The molecule has 0 fully saturated rings. The van der Waals surface area contributed by atoms with Gasteiger partial charge in [-0.2, -0.15) is 9.90 Å². The second-order valence-electron chi connectivity index (χ2n) is 6.71. The number of aromatic nitrogens is 3. The third-order valence-electron chi connectivity index (χ3n) is 3.85. The highest BCUT2D eigenvalue weighted by Gasteiger charge is 2.30. The Kier molecular flexibility index (Phi) is 5.15. The molecular weight excluding hydrogens is 292 g/mol. The van der Waals surface area contributed by atoms with E-state index in [2.05, 4.69) is 15.5 Å². The molecule has 1 aromatic carbocycles. The van der Waals surface area contributed by atoms with Crippen LogP contribution >= 0.6 is 0 Å². The monoisotopic (exact) mass is 316 g/mol. The number of carbonyl (C=O) groups is 1. The lowest BCUT2D eigenvalue weighted by Gasteiger charge is -2.33. The quantitative estimate of drug-likeness (QED) is 0.854. The molecule has 0 spiro atoms. The van der Waals surface area contributed by atoms with Crippen LogP contribution in [0.15, 0.2) is 36.5 Å². The first-order chi connectivity index (χ1) is 10.8. The van der Waals surface area contributed by atoms with Gasteiger partial charge in [0.1, 0.15) is 0 Å². The summed E-state index contributed by atoms with van der Waals surface area (Å²) in [5.41, 5.74) is 0.630. The number of rotatable bonds is 6. The predicted molar refractivity (Wildman–Crippen MR) is 88.3 cm³/mol. The number of carbonyl (C=O) groups excluding carboxylic acids is 1. The molecule has 2 aromatic rings. The smallest absolute Gasteiger partial charge is 0.273 e. The Morgan fingerprint density at radius 2 is 1.96 bits per heavy atom. The molecule has 0 saturated heterocycles. The largest absolute Gasteiger partial charge is 0.392 e. The summed E-state index contributed by atoms with van der Waals surface area (Å²) in [4.78, 5) is 13.6. The summed E-state index contributed by atoms with van der Waals surface area (Å²) in [6.07, 6.45) is 0.941. The van der Waals surface area contributed by atoms with Crippen LogP contribution in [0.3, 0.4) is 0 Å². The van der Waals surface area contributed by atoms with E-state index >= 15 is 0 Å². The third kappa shape index (κ3) is 4.16. The molecule has 0 aliphatic carbocycles. The maximum absolute atomic E-state index is 12.2. The van der Waals surface area contributed by atoms with Crippen LogP contribution in [0.2, 0.25) is 0 Å². The van der Waals surface area contributed by atoms with Crippen molar-refractivity contribution in [2.75, 3.05) is 6.54 Å². The summed E-state index contributed by atoms with van der Waals surface area (Å²) in [6, 6.07) is 9.40. The molecule has 2 rings (SSSR count). The molecule has 0 aliphatic heterocycles. The average molecular weight is 316 g/mol. The molecule has 6 nitrogen and oxygen atoms in total. The molecule has 0 bridgehead atoms. The van der Waals surface area contributed by atoms with Crippen LogP contribution in [0.25, 0.3) is 5.69 Å². The van der Waals surface area contributed by atoms with Gasteiger partial charge in [-0.1, -0.05) is 45.9 Å². The van der Waals surface area contributed by atoms with Crippen molar-refractivity contribution in [3.63, 3.8) is 0 Å². The number of amides is 1. The summed E-state index contributed by atoms with van der Waals surface area (Å²) in [6.45, 7) is 8.14. The second-order valence-corrected chi connectivity index (χ2v) is 6.71. The first-order valence-electron chi connectivity index (χ1n) is 7.75. The van der Waals surface area contributed by atoms with E-state index in [1.807, 2.05) is 58.0 Å². The molecule has 0 aliphatic rings. The number of aliphatic hydroxyl groups excluding tert-OH is 1. The van der Waals surface area contributed by atoms with Crippen LogP contribution in [0.4, 0.5) is 0 Å². The van der Waals surface area contributed by atoms with Gasteiger partial charge in [0.25, 0.3) is 5.91 Å². The predicted octanol–water partition coefficient (Wildman–Crippen LogP) is 2.04. The van der Waals surface area contributed by atoms with Gasteiger partial charge in [0.05, 0.1) is 18.0 Å². The Bertz CT molecular complexity index is 650. The zero-order chi connectivity index (χ0) is 17.0. The minimum Gasteiger partial charge on any atom is -0.392 e. The summed E-state index contributed by atoms with van der Waals surface area (Å²) in [5, 5.41) is 21.3. The molecule has 23 heavy (non-hydrogen) atoms. The van der Waals surface area contributed by atoms with Crippen LogP contribution in [0.1, 0.15) is 38.2 Å². The Hall–Kier alpha value is -2.21. The van der Waals surface area contributed by atoms with Gasteiger partial charge in [-0.15, -0.1) is 5.10 Å². The van der Waals surface area contributed by atoms with Crippen LogP contribution < -0.4 is 5.32 Å². The third-order valence-corrected chi connectivity index (χ3v) is 3.85. The lowest BCUT2D eigenvalue weighted by Crippen LogP contribution is -2.43. The van der Waals surface area contributed by atoms with Gasteiger partial charge in [-0.25, -0.2) is 0 Å². The Labute approximate surface area is 136 Å². The zero-order valence-electron chi connectivity index (χ0n) is 14.0. The molecular formula is C17H24N4O2. The Morgan fingerprint density at radius 1 is 1.30 bits per heavy atom. The highest BCUT2D eigenvalue weighted by molar-refractivity contribution is 5.91. The maximum atomic E-state index is 12.2. The van der Waals surface area contributed by atoms with Crippen LogP contribution in [0, 0.1) is 11.3 Å². The number of aliphatic hydroxyl groups is 1. The van der Waals surface area contributed by atoms with Gasteiger partial charge in [0.15, 0.2) is 5.69 Å². The SMILES string of the molecule is CC(C)C(O)C(C)(C)CNC(=O)c1cnn(-c2ccccc2)n1. The lowest BCUT2D eigenvalue weighted by molar-refractivity contribution is 0.0138. The van der Waals surface area contributed by atoms with E-state index in [1.54, 1.807) is 0 Å². The molecule has 0 radical (unpaired) electrons. The van der Waals surface area contributed by atoms with E-state index in [0.717, 1.165) is 5.69 Å². The van der Waals surface area contributed by atoms with E-state index in [1.165, 1.54) is 11.0 Å². The summed E-state index contributed by atoms with van der Waals surface area (Å²) in [5.74, 6) is -0.169. The highest BCUT2D eigenvalue weighted by Crippen LogP contribution is 2.25. The van der Waals surface area contributed by atoms with Crippen molar-refractivity contribution in [1.82, 2.24) is 20.3 Å². The molecule has 1 atom stereocenters. The standard InChI is InChI=1S/C17H24N4O2/c1-12(2)15(22)17(3,4)11-18-16(23)14-10-19-21(20-14)13-8-6-5-7-9-13/h5-10,12,15,22H,11H2,1-4H3,(H,18,23). The van der Waals surface area contributed by atoms with Crippen LogP contribution in [-0.2, 0) is 0 Å². The highest BCUT2D eigenvalue weighted by atomic mass is 16.3. The fourth-order valence-electron chi connectivity index (χ4n) is 2.46. The van der Waals surface area contributed by atoms with Crippen molar-refractivity contribution < 1.29 is 9.90 Å². The van der Waals surface area contributed by atoms with Crippen molar-refractivity contribution in [1.29, 1.82) is 0 Å². The number of hydrogen-bond donors (Lipinski definition) is 2. The molecule has 1 aromatic heterocycles. The summed E-state index contributed by atoms with van der Waals surface area (Å²) < 4.78 is 0. The fourth-order valence-corrected chi connectivity index (χ4v) is 2.46. The van der Waals surface area contributed by atoms with Gasteiger partial charge in [0, 0.05) is 12.0 Å². The molecule has 124 valence electrons. The van der Waals surface area contributed by atoms with E-state index < -0.39 is 11.5 Å². The fraction of sp³-hybridized carbons (Fsp3) is 0.471. The molecule has 0 saturated carbocycles. The minimum absolute atomic E-state index is 0.126. The normalized spacial score (nSPS) is 13.1. The van der Waals surface area contributed by atoms with Gasteiger partial charge in [0.2, 0.25) is 0 Å². The van der Waals surface area contributed by atoms with Crippen molar-refractivity contribution in [3.05, 3.63) is 42.2 Å². The number of hydrogen-bond acceptors (Lipinski definition) is 4. The molecule has 1 unspecified atom stereocenters. The number of nitrogens with one attached hydrogen (secondary N) is 1. The topological polar surface area (TPSA) is 80.0 Å². The maximum Gasteiger partial charge on any atom is 0.273 e. The Balaban J connectivity index is 2.01. The molecule has 1 heterocycles. The second kappa shape index (κ2) is 6.91. The van der Waals surface area contributed by atoms with Gasteiger partial charge in [-0.3, -0.25) is 4.79 Å². The Morgan fingerprint density at radius 3 is 2.57 bits per heavy atom. The van der Waals surface area contributed by atoms with Gasteiger partial charge in [-0.05, 0) is 18.1 Å². The summed E-state index contributed by atoms with van der Waals surface area (Å²) in [7, 11) is 0. The van der Waals surface area contributed by atoms with Crippen molar-refractivity contribution >= 4 is 5.91 Å². The van der Waals surface area contributed by atoms with Gasteiger partial charge >= 0.3 is 0 Å². The van der Waals surface area contributed by atoms with E-state index in [-0.39, 0.29) is 17.5 Å². The number of benzene rings is 1. The first-order valence-corrected chi connectivity index (χ1v) is 7.75. The van der Waals surface area contributed by atoms with E-state index in [9.17, 15) is 9.90 Å². The van der Waals surface area contributed by atoms with Crippen LogP contribution in [0.5, 0.6) is 0 Å². The van der Waals surface area contributed by atoms with Crippen molar-refractivity contribution in [2.45, 2.75) is 33.8 Å². The van der Waals surface area contributed by atoms with Crippen molar-refractivity contribution in [2.24, 2.45) is 11.3 Å². The van der Waals surface area contributed by atoms with Crippen LogP contribution in [-0.4, -0.2) is 38.7 Å².